The summed E-state index contributed by atoms with van der Waals surface area (Å²) in [7, 11) is 0. The van der Waals surface area contributed by atoms with Gasteiger partial charge in [-0.25, -0.2) is 0 Å². The second-order valence-electron chi connectivity index (χ2n) is 3.05. The molecule has 0 unspecified atom stereocenters. The van der Waals surface area contributed by atoms with Crippen LogP contribution in [0.1, 0.15) is 13.3 Å². The first kappa shape index (κ1) is 9.59. The summed E-state index contributed by atoms with van der Waals surface area (Å²) in [6, 6.07) is 0. The lowest BCUT2D eigenvalue weighted by atomic mass is 9.96. The van der Waals surface area contributed by atoms with Gasteiger partial charge in [0.05, 0.1) is 6.42 Å². The molecule has 1 aliphatic heterocycles. The van der Waals surface area contributed by atoms with E-state index in [1.54, 1.807) is 11.8 Å². The van der Waals surface area contributed by atoms with Gasteiger partial charge in [-0.15, -0.1) is 0 Å². The number of carboxylic acid groups (broad SMARTS) is 1. The molecule has 1 aliphatic rings. The summed E-state index contributed by atoms with van der Waals surface area (Å²) in [6.45, 7) is 2.66. The van der Waals surface area contributed by atoms with Gasteiger partial charge in [0.1, 0.15) is 0 Å². The smallest absolute Gasteiger partial charge is 0.303 e. The van der Waals surface area contributed by atoms with Crippen LogP contribution in [0.3, 0.4) is 0 Å². The van der Waals surface area contributed by atoms with Crippen molar-refractivity contribution in [1.29, 1.82) is 0 Å². The number of nitrogens with zero attached hydrogens (tertiary/aromatic N) is 1. The zero-order chi connectivity index (χ0) is 9.84. The lowest BCUT2D eigenvalue weighted by Gasteiger charge is -2.37. The van der Waals surface area contributed by atoms with Crippen LogP contribution >= 0.6 is 0 Å². The Morgan fingerprint density at radius 1 is 1.54 bits per heavy atom. The van der Waals surface area contributed by atoms with E-state index in [1.165, 1.54) is 0 Å². The average Bonchev–Trinajstić information content (AvgIpc) is 1.95. The van der Waals surface area contributed by atoms with Crippen LogP contribution < -0.4 is 0 Å². The largest absolute Gasteiger partial charge is 0.481 e. The molecule has 1 N–H and O–H groups in total. The Morgan fingerprint density at radius 3 is 2.62 bits per heavy atom. The predicted molar refractivity (Wildman–Crippen MR) is 45.8 cm³/mol. The standard InChI is InChI=1S/C9H11NO3/c1-2-3-8(11)10-5-7(6-10)4-9(12)13/h7H,4-6H2,1H3,(H,12,13). The summed E-state index contributed by atoms with van der Waals surface area (Å²) in [4.78, 5) is 22.9. The van der Waals surface area contributed by atoms with Crippen molar-refractivity contribution in [3.8, 4) is 11.8 Å². The Morgan fingerprint density at radius 2 is 2.15 bits per heavy atom. The second-order valence-corrected chi connectivity index (χ2v) is 3.05. The topological polar surface area (TPSA) is 57.6 Å². The number of carboxylic acids is 1. The maximum Gasteiger partial charge on any atom is 0.303 e. The molecule has 0 radical (unpaired) electrons. The van der Waals surface area contributed by atoms with Crippen molar-refractivity contribution < 1.29 is 14.7 Å². The van der Waals surface area contributed by atoms with E-state index in [0.717, 1.165) is 0 Å². The van der Waals surface area contributed by atoms with Crippen molar-refractivity contribution >= 4 is 11.9 Å². The van der Waals surface area contributed by atoms with Crippen molar-refractivity contribution in [2.75, 3.05) is 13.1 Å². The minimum absolute atomic E-state index is 0.111. The average molecular weight is 181 g/mol. The van der Waals surface area contributed by atoms with Gasteiger partial charge in [0.25, 0.3) is 5.91 Å². The maximum absolute atomic E-state index is 11.1. The molecule has 0 aromatic rings. The molecule has 1 rings (SSSR count). The van der Waals surface area contributed by atoms with Gasteiger partial charge in [0.2, 0.25) is 0 Å². The number of rotatable bonds is 2. The van der Waals surface area contributed by atoms with Crippen LogP contribution in [0.5, 0.6) is 0 Å². The molecule has 1 saturated heterocycles. The number of amides is 1. The number of carbonyl (C=O) groups excluding carboxylic acids is 1. The van der Waals surface area contributed by atoms with E-state index < -0.39 is 5.97 Å². The summed E-state index contributed by atoms with van der Waals surface area (Å²) < 4.78 is 0. The van der Waals surface area contributed by atoms with E-state index in [0.29, 0.717) is 13.1 Å². The van der Waals surface area contributed by atoms with E-state index in [4.69, 9.17) is 5.11 Å². The van der Waals surface area contributed by atoms with Crippen LogP contribution in [0.25, 0.3) is 0 Å². The van der Waals surface area contributed by atoms with Crippen LogP contribution in [0.2, 0.25) is 0 Å². The molecular weight excluding hydrogens is 170 g/mol. The Hall–Kier alpha value is -1.50. The molecule has 0 aromatic carbocycles. The highest BCUT2D eigenvalue weighted by molar-refractivity contribution is 5.94. The summed E-state index contributed by atoms with van der Waals surface area (Å²) in [5, 5.41) is 8.45. The molecule has 0 bridgehead atoms. The Labute approximate surface area is 76.5 Å². The summed E-state index contributed by atoms with van der Waals surface area (Å²) in [6.07, 6.45) is 0.142. The molecule has 0 saturated carbocycles. The van der Waals surface area contributed by atoms with E-state index in [-0.39, 0.29) is 18.2 Å². The molecule has 0 aromatic heterocycles. The first-order valence-corrected chi connectivity index (χ1v) is 4.07. The molecule has 1 fully saturated rings. The highest BCUT2D eigenvalue weighted by Gasteiger charge is 2.31. The molecule has 4 heteroatoms. The Bertz CT molecular complexity index is 281. The van der Waals surface area contributed by atoms with Gasteiger partial charge < -0.3 is 10.0 Å². The number of aliphatic carboxylic acids is 1. The number of carbonyl (C=O) groups is 2. The summed E-state index contributed by atoms with van der Waals surface area (Å²) >= 11 is 0. The van der Waals surface area contributed by atoms with Crippen molar-refractivity contribution in [1.82, 2.24) is 4.90 Å². The van der Waals surface area contributed by atoms with Crippen molar-refractivity contribution in [2.45, 2.75) is 13.3 Å². The first-order valence-electron chi connectivity index (χ1n) is 4.07. The van der Waals surface area contributed by atoms with Crippen molar-refractivity contribution in [3.05, 3.63) is 0 Å². The van der Waals surface area contributed by atoms with Gasteiger partial charge in [0.15, 0.2) is 0 Å². The number of likely N-dealkylation sites (tertiary alicyclic amines) is 1. The summed E-state index contributed by atoms with van der Waals surface area (Å²) in [5.41, 5.74) is 0. The fourth-order valence-electron chi connectivity index (χ4n) is 1.30. The highest BCUT2D eigenvalue weighted by atomic mass is 16.4. The molecule has 0 spiro atoms. The third-order valence-corrected chi connectivity index (χ3v) is 1.94. The molecule has 70 valence electrons. The predicted octanol–water partition coefficient (Wildman–Crippen LogP) is -0.0572. The van der Waals surface area contributed by atoms with Gasteiger partial charge in [0, 0.05) is 19.0 Å². The van der Waals surface area contributed by atoms with E-state index in [9.17, 15) is 9.59 Å². The van der Waals surface area contributed by atoms with Gasteiger partial charge in [-0.2, -0.15) is 0 Å². The van der Waals surface area contributed by atoms with Gasteiger partial charge in [-0.1, -0.05) is 5.92 Å². The zero-order valence-electron chi connectivity index (χ0n) is 7.41. The Kier molecular flexibility index (Phi) is 2.91. The molecule has 1 amide bonds. The molecule has 4 nitrogen and oxygen atoms in total. The quantitative estimate of drug-likeness (QED) is 0.607. The van der Waals surface area contributed by atoms with E-state index >= 15 is 0 Å². The molecule has 1 heterocycles. The lowest BCUT2D eigenvalue weighted by molar-refractivity contribution is -0.142. The fourth-order valence-corrected chi connectivity index (χ4v) is 1.30. The lowest BCUT2D eigenvalue weighted by Crippen LogP contribution is -2.50. The van der Waals surface area contributed by atoms with Crippen LogP contribution in [-0.2, 0) is 9.59 Å². The molecular formula is C9H11NO3. The van der Waals surface area contributed by atoms with E-state index in [1.807, 2.05) is 0 Å². The van der Waals surface area contributed by atoms with Gasteiger partial charge >= 0.3 is 5.97 Å². The number of hydrogen-bond acceptors (Lipinski definition) is 2. The third-order valence-electron chi connectivity index (χ3n) is 1.94. The second kappa shape index (κ2) is 3.94. The monoisotopic (exact) mass is 181 g/mol. The van der Waals surface area contributed by atoms with Crippen molar-refractivity contribution in [3.63, 3.8) is 0 Å². The SMILES string of the molecule is CC#CC(=O)N1CC(CC(=O)O)C1. The molecule has 13 heavy (non-hydrogen) atoms. The number of hydrogen-bond donors (Lipinski definition) is 1. The van der Waals surface area contributed by atoms with Crippen LogP contribution in [-0.4, -0.2) is 35.0 Å². The van der Waals surface area contributed by atoms with Crippen LogP contribution in [0.15, 0.2) is 0 Å². The minimum Gasteiger partial charge on any atom is -0.481 e. The Balaban J connectivity index is 2.28. The van der Waals surface area contributed by atoms with Gasteiger partial charge in [-0.05, 0) is 12.8 Å². The zero-order valence-corrected chi connectivity index (χ0v) is 7.41. The first-order chi connectivity index (χ1) is 6.13. The van der Waals surface area contributed by atoms with E-state index in [2.05, 4.69) is 11.8 Å². The van der Waals surface area contributed by atoms with Crippen LogP contribution in [0.4, 0.5) is 0 Å². The fraction of sp³-hybridized carbons (Fsp3) is 0.556. The van der Waals surface area contributed by atoms with Crippen LogP contribution in [0, 0.1) is 17.8 Å². The normalized spacial score (nSPS) is 15.6. The summed E-state index contributed by atoms with van der Waals surface area (Å²) in [5.74, 6) is 4.03. The van der Waals surface area contributed by atoms with Gasteiger partial charge in [-0.3, -0.25) is 9.59 Å². The molecule has 0 atom stereocenters. The van der Waals surface area contributed by atoms with Crippen molar-refractivity contribution in [2.24, 2.45) is 5.92 Å². The minimum atomic E-state index is -0.807. The third kappa shape index (κ3) is 2.48. The highest BCUT2D eigenvalue weighted by Crippen LogP contribution is 2.18. The maximum atomic E-state index is 11.1. The molecule has 0 aliphatic carbocycles.